The van der Waals surface area contributed by atoms with Crippen LogP contribution < -0.4 is 10.0 Å². The third-order valence-corrected chi connectivity index (χ3v) is 4.87. The third kappa shape index (κ3) is 4.05. The van der Waals surface area contributed by atoms with E-state index in [0.717, 1.165) is 23.1 Å². The molecule has 1 amide bonds. The summed E-state index contributed by atoms with van der Waals surface area (Å²) < 4.78 is 32.1. The van der Waals surface area contributed by atoms with Crippen LogP contribution in [0.15, 0.2) is 64.3 Å². The number of primary sulfonamides is 1. The highest BCUT2D eigenvalue weighted by Crippen LogP contribution is 2.26. The van der Waals surface area contributed by atoms with Gasteiger partial charge in [0.25, 0.3) is 15.9 Å². The van der Waals surface area contributed by atoms with Gasteiger partial charge in [0.15, 0.2) is 6.61 Å². The summed E-state index contributed by atoms with van der Waals surface area (Å²) in [4.78, 5) is 26.2. The Morgan fingerprint density at radius 3 is 2.54 bits per heavy atom. The van der Waals surface area contributed by atoms with Crippen molar-refractivity contribution in [3.63, 3.8) is 0 Å². The topological polar surface area (TPSA) is 120 Å². The summed E-state index contributed by atoms with van der Waals surface area (Å²) in [5.41, 5.74) is 0.562. The van der Waals surface area contributed by atoms with Gasteiger partial charge in [-0.15, -0.1) is 0 Å². The number of amides is 1. The van der Waals surface area contributed by atoms with Crippen molar-refractivity contribution in [2.75, 3.05) is 18.1 Å². The van der Waals surface area contributed by atoms with E-state index in [9.17, 15) is 18.0 Å². The molecule has 0 aliphatic carbocycles. The maximum atomic E-state index is 12.6. The summed E-state index contributed by atoms with van der Waals surface area (Å²) in [5, 5.41) is 6.25. The number of hydrogen-bond acceptors (Lipinski definition) is 6. The number of likely N-dealkylation sites (N-methyl/N-ethyl adjacent to an activating group) is 1. The molecule has 28 heavy (non-hydrogen) atoms. The molecule has 2 aromatic carbocycles. The predicted octanol–water partition coefficient (Wildman–Crippen LogP) is 2.29. The zero-order valence-electron chi connectivity index (χ0n) is 15.0. The minimum absolute atomic E-state index is 0.148. The van der Waals surface area contributed by atoms with E-state index in [2.05, 4.69) is 0 Å². The summed E-state index contributed by atoms with van der Waals surface area (Å²) >= 11 is 0. The lowest BCUT2D eigenvalue weighted by molar-refractivity contribution is -0.121. The molecule has 0 aliphatic rings. The number of hydrogen-bond donors (Lipinski definition) is 1. The van der Waals surface area contributed by atoms with E-state index < -0.39 is 33.6 Å². The molecular weight excluding hydrogens is 384 g/mol. The number of nitrogens with two attached hydrogens (primary N) is 1. The second kappa shape index (κ2) is 7.83. The molecule has 9 heteroatoms. The SMILES string of the molecule is CCN(C(=O)COC(=O)c1coc(S(N)(=O)=O)c1)c1cccc2ccccc12. The number of carbonyl (C=O) groups is 2. The summed E-state index contributed by atoms with van der Waals surface area (Å²) in [6, 6.07) is 14.2. The summed E-state index contributed by atoms with van der Waals surface area (Å²) in [6.45, 7) is 1.69. The van der Waals surface area contributed by atoms with E-state index in [0.29, 0.717) is 12.2 Å². The molecule has 0 aliphatic heterocycles. The van der Waals surface area contributed by atoms with Crippen LogP contribution in [0.4, 0.5) is 5.69 Å². The average Bonchev–Trinajstić information content (AvgIpc) is 3.18. The Kier molecular flexibility index (Phi) is 5.48. The maximum absolute atomic E-state index is 12.6. The number of furan rings is 1. The number of ether oxygens (including phenoxy) is 1. The minimum Gasteiger partial charge on any atom is -0.452 e. The highest BCUT2D eigenvalue weighted by molar-refractivity contribution is 7.89. The summed E-state index contributed by atoms with van der Waals surface area (Å²) in [7, 11) is -4.07. The van der Waals surface area contributed by atoms with Crippen molar-refractivity contribution < 1.29 is 27.2 Å². The smallest absolute Gasteiger partial charge is 0.341 e. The molecule has 3 rings (SSSR count). The predicted molar refractivity (Wildman–Crippen MR) is 102 cm³/mol. The first-order chi connectivity index (χ1) is 13.3. The molecule has 1 heterocycles. The highest BCUT2D eigenvalue weighted by Gasteiger charge is 2.21. The molecule has 0 radical (unpaired) electrons. The van der Waals surface area contributed by atoms with Crippen LogP contribution >= 0.6 is 0 Å². The van der Waals surface area contributed by atoms with Crippen molar-refractivity contribution >= 4 is 38.4 Å². The number of fused-ring (bicyclic) bond motifs is 1. The highest BCUT2D eigenvalue weighted by atomic mass is 32.2. The zero-order chi connectivity index (χ0) is 20.3. The van der Waals surface area contributed by atoms with E-state index in [-0.39, 0.29) is 5.56 Å². The fraction of sp³-hybridized carbons (Fsp3) is 0.158. The number of benzene rings is 2. The van der Waals surface area contributed by atoms with Crippen LogP contribution in [0.2, 0.25) is 0 Å². The van der Waals surface area contributed by atoms with Gasteiger partial charge in [0.05, 0.1) is 11.3 Å². The van der Waals surface area contributed by atoms with Crippen LogP contribution in [0, 0.1) is 0 Å². The second-order valence-electron chi connectivity index (χ2n) is 5.91. The molecule has 1 aromatic heterocycles. The van der Waals surface area contributed by atoms with Crippen LogP contribution in [-0.2, 0) is 19.6 Å². The molecule has 0 saturated carbocycles. The van der Waals surface area contributed by atoms with Gasteiger partial charge >= 0.3 is 5.97 Å². The summed E-state index contributed by atoms with van der Waals surface area (Å²) in [6.07, 6.45) is 0.912. The number of nitrogens with zero attached hydrogens (tertiary/aromatic N) is 1. The number of rotatable bonds is 6. The summed E-state index contributed by atoms with van der Waals surface area (Å²) in [5.74, 6) is -1.30. The number of sulfonamides is 1. The molecule has 3 aromatic rings. The van der Waals surface area contributed by atoms with Crippen molar-refractivity contribution in [1.82, 2.24) is 0 Å². The molecule has 8 nitrogen and oxygen atoms in total. The Bertz CT molecular complexity index is 1130. The van der Waals surface area contributed by atoms with Crippen molar-refractivity contribution in [2.45, 2.75) is 12.0 Å². The standard InChI is InChI=1S/C19H18N2O6S/c1-2-21(16-9-5-7-13-6-3-4-8-15(13)16)17(22)12-27-19(23)14-10-18(26-11-14)28(20,24)25/h3-11H,2,12H2,1H3,(H2,20,24,25). The minimum atomic E-state index is -4.07. The van der Waals surface area contributed by atoms with Gasteiger partial charge in [-0.1, -0.05) is 36.4 Å². The molecule has 0 spiro atoms. The molecule has 0 saturated heterocycles. The largest absolute Gasteiger partial charge is 0.452 e. The van der Waals surface area contributed by atoms with E-state index in [1.54, 1.807) is 0 Å². The Morgan fingerprint density at radius 2 is 1.86 bits per heavy atom. The molecule has 0 bridgehead atoms. The first kappa shape index (κ1) is 19.6. The Labute approximate surface area is 161 Å². The van der Waals surface area contributed by atoms with Crippen LogP contribution in [0.3, 0.4) is 0 Å². The van der Waals surface area contributed by atoms with Gasteiger partial charge in [-0.2, -0.15) is 0 Å². The average molecular weight is 402 g/mol. The third-order valence-electron chi connectivity index (χ3n) is 4.09. The van der Waals surface area contributed by atoms with Crippen molar-refractivity contribution in [3.8, 4) is 0 Å². The zero-order valence-corrected chi connectivity index (χ0v) is 15.8. The molecule has 0 atom stereocenters. The fourth-order valence-electron chi connectivity index (χ4n) is 2.79. The second-order valence-corrected chi connectivity index (χ2v) is 7.40. The number of anilines is 1. The van der Waals surface area contributed by atoms with Crippen molar-refractivity contribution in [1.29, 1.82) is 0 Å². The van der Waals surface area contributed by atoms with Crippen LogP contribution in [0.1, 0.15) is 17.3 Å². The monoisotopic (exact) mass is 402 g/mol. The van der Waals surface area contributed by atoms with Gasteiger partial charge in [-0.05, 0) is 18.4 Å². The van der Waals surface area contributed by atoms with E-state index in [1.807, 2.05) is 49.4 Å². The maximum Gasteiger partial charge on any atom is 0.341 e. The molecule has 2 N–H and O–H groups in total. The van der Waals surface area contributed by atoms with Crippen LogP contribution in [0.25, 0.3) is 10.8 Å². The molecule has 146 valence electrons. The lowest BCUT2D eigenvalue weighted by atomic mass is 10.1. The van der Waals surface area contributed by atoms with E-state index in [1.165, 1.54) is 4.90 Å². The fourth-order valence-corrected chi connectivity index (χ4v) is 3.26. The number of carbonyl (C=O) groups excluding carboxylic acids is 2. The normalized spacial score (nSPS) is 11.4. The molecule has 0 fully saturated rings. The Balaban J connectivity index is 1.74. The first-order valence-electron chi connectivity index (χ1n) is 8.38. The molecule has 0 unspecified atom stereocenters. The van der Waals surface area contributed by atoms with Gasteiger partial charge in [0.1, 0.15) is 6.26 Å². The Morgan fingerprint density at radius 1 is 1.14 bits per heavy atom. The van der Waals surface area contributed by atoms with E-state index in [4.69, 9.17) is 14.3 Å². The van der Waals surface area contributed by atoms with E-state index >= 15 is 0 Å². The molecular formula is C19H18N2O6S. The van der Waals surface area contributed by atoms with Crippen LogP contribution in [-0.4, -0.2) is 33.4 Å². The van der Waals surface area contributed by atoms with Gasteiger partial charge in [-0.25, -0.2) is 18.4 Å². The van der Waals surface area contributed by atoms with Crippen LogP contribution in [0.5, 0.6) is 0 Å². The van der Waals surface area contributed by atoms with Gasteiger partial charge in [-0.3, -0.25) is 4.79 Å². The Hall–Kier alpha value is -3.17. The van der Waals surface area contributed by atoms with Gasteiger partial charge in [0.2, 0.25) is 5.09 Å². The lowest BCUT2D eigenvalue weighted by Crippen LogP contribution is -2.34. The van der Waals surface area contributed by atoms with Crippen molar-refractivity contribution in [2.24, 2.45) is 5.14 Å². The number of esters is 1. The first-order valence-corrected chi connectivity index (χ1v) is 9.92. The van der Waals surface area contributed by atoms with Crippen molar-refractivity contribution in [3.05, 3.63) is 60.4 Å². The lowest BCUT2D eigenvalue weighted by Gasteiger charge is -2.22. The quantitative estimate of drug-likeness (QED) is 0.632. The van der Waals surface area contributed by atoms with Gasteiger partial charge in [0, 0.05) is 18.0 Å². The van der Waals surface area contributed by atoms with Gasteiger partial charge < -0.3 is 14.1 Å².